The van der Waals surface area contributed by atoms with Crippen LogP contribution in [0.2, 0.25) is 0 Å². The Kier molecular flexibility index (Phi) is 3.76. The molecule has 0 fully saturated rings. The third-order valence-corrected chi connectivity index (χ3v) is 3.16. The normalized spacial score (nSPS) is 12.3. The topological polar surface area (TPSA) is 68.0 Å². The second-order valence-corrected chi connectivity index (χ2v) is 4.75. The van der Waals surface area contributed by atoms with Gasteiger partial charge in [0, 0.05) is 10.0 Å². The number of carboxylic acid groups (broad SMARTS) is 1. The SMILES string of the molecule is CCC(C(=O)O)n1nncc1-c1cccc(Br)c1. The summed E-state index contributed by atoms with van der Waals surface area (Å²) in [5.41, 5.74) is 1.58. The predicted octanol–water partition coefficient (Wildman–Crippen LogP) is 2.74. The zero-order valence-electron chi connectivity index (χ0n) is 9.75. The fourth-order valence-electron chi connectivity index (χ4n) is 1.78. The predicted molar refractivity (Wildman–Crippen MR) is 70.1 cm³/mol. The van der Waals surface area contributed by atoms with Crippen LogP contribution in [0.15, 0.2) is 34.9 Å². The molecule has 0 aliphatic heterocycles. The molecule has 0 spiro atoms. The number of carbonyl (C=O) groups is 1. The molecule has 1 unspecified atom stereocenters. The van der Waals surface area contributed by atoms with Crippen molar-refractivity contribution < 1.29 is 9.90 Å². The average molecular weight is 310 g/mol. The molecular weight excluding hydrogens is 298 g/mol. The largest absolute Gasteiger partial charge is 0.480 e. The van der Waals surface area contributed by atoms with Crippen molar-refractivity contribution >= 4 is 21.9 Å². The van der Waals surface area contributed by atoms with Crippen LogP contribution in [0.25, 0.3) is 11.3 Å². The van der Waals surface area contributed by atoms with Gasteiger partial charge in [-0.3, -0.25) is 0 Å². The van der Waals surface area contributed by atoms with Gasteiger partial charge < -0.3 is 5.11 Å². The molecule has 0 saturated heterocycles. The van der Waals surface area contributed by atoms with Gasteiger partial charge in [-0.15, -0.1) is 5.10 Å². The first kappa shape index (κ1) is 12.8. The Morgan fingerprint density at radius 3 is 2.94 bits per heavy atom. The summed E-state index contributed by atoms with van der Waals surface area (Å²) in [6, 6.07) is 6.91. The molecule has 0 aliphatic carbocycles. The van der Waals surface area contributed by atoms with Crippen molar-refractivity contribution in [3.63, 3.8) is 0 Å². The highest BCUT2D eigenvalue weighted by molar-refractivity contribution is 9.10. The Morgan fingerprint density at radius 1 is 1.56 bits per heavy atom. The lowest BCUT2D eigenvalue weighted by Crippen LogP contribution is -2.20. The van der Waals surface area contributed by atoms with Crippen molar-refractivity contribution in [2.45, 2.75) is 19.4 Å². The second kappa shape index (κ2) is 5.30. The van der Waals surface area contributed by atoms with Gasteiger partial charge in [0.2, 0.25) is 0 Å². The highest BCUT2D eigenvalue weighted by atomic mass is 79.9. The van der Waals surface area contributed by atoms with Crippen LogP contribution in [0, 0.1) is 0 Å². The van der Waals surface area contributed by atoms with Gasteiger partial charge in [-0.05, 0) is 18.6 Å². The molecule has 1 atom stereocenters. The zero-order chi connectivity index (χ0) is 13.1. The standard InChI is InChI=1S/C12H12BrN3O2/c1-2-10(12(17)18)16-11(7-14-15-16)8-4-3-5-9(13)6-8/h3-7,10H,2H2,1H3,(H,17,18). The minimum Gasteiger partial charge on any atom is -0.480 e. The van der Waals surface area contributed by atoms with E-state index < -0.39 is 12.0 Å². The smallest absolute Gasteiger partial charge is 0.328 e. The molecule has 0 aliphatic rings. The van der Waals surface area contributed by atoms with Gasteiger partial charge >= 0.3 is 5.97 Å². The quantitative estimate of drug-likeness (QED) is 0.943. The van der Waals surface area contributed by atoms with Gasteiger partial charge in [-0.25, -0.2) is 9.48 Å². The van der Waals surface area contributed by atoms with E-state index >= 15 is 0 Å². The molecule has 2 rings (SSSR count). The van der Waals surface area contributed by atoms with Crippen LogP contribution in [-0.2, 0) is 4.79 Å². The molecule has 1 heterocycles. The lowest BCUT2D eigenvalue weighted by atomic mass is 10.1. The van der Waals surface area contributed by atoms with Gasteiger partial charge in [-0.2, -0.15) is 0 Å². The van der Waals surface area contributed by atoms with Crippen LogP contribution in [0.4, 0.5) is 0 Å². The third kappa shape index (κ3) is 2.43. The maximum atomic E-state index is 11.2. The number of carboxylic acids is 1. The van der Waals surface area contributed by atoms with E-state index in [0.717, 1.165) is 10.0 Å². The molecule has 18 heavy (non-hydrogen) atoms. The molecule has 6 heteroatoms. The number of hydrogen-bond donors (Lipinski definition) is 1. The highest BCUT2D eigenvalue weighted by Gasteiger charge is 2.21. The lowest BCUT2D eigenvalue weighted by molar-refractivity contribution is -0.141. The number of rotatable bonds is 4. The molecule has 5 nitrogen and oxygen atoms in total. The van der Waals surface area contributed by atoms with Crippen LogP contribution in [0.1, 0.15) is 19.4 Å². The van der Waals surface area contributed by atoms with E-state index in [1.54, 1.807) is 6.20 Å². The summed E-state index contributed by atoms with van der Waals surface area (Å²) in [4.78, 5) is 11.2. The molecule has 0 radical (unpaired) electrons. The summed E-state index contributed by atoms with van der Waals surface area (Å²) >= 11 is 3.39. The van der Waals surface area contributed by atoms with Crippen LogP contribution >= 0.6 is 15.9 Å². The highest BCUT2D eigenvalue weighted by Crippen LogP contribution is 2.25. The maximum Gasteiger partial charge on any atom is 0.328 e. The second-order valence-electron chi connectivity index (χ2n) is 3.84. The van der Waals surface area contributed by atoms with Gasteiger partial charge in [0.05, 0.1) is 11.9 Å². The molecule has 1 N–H and O–H groups in total. The van der Waals surface area contributed by atoms with Gasteiger partial charge in [0.25, 0.3) is 0 Å². The molecule has 0 bridgehead atoms. The number of benzene rings is 1. The van der Waals surface area contributed by atoms with Gasteiger partial charge in [0.1, 0.15) is 0 Å². The van der Waals surface area contributed by atoms with E-state index in [1.807, 2.05) is 31.2 Å². The Hall–Kier alpha value is -1.69. The zero-order valence-corrected chi connectivity index (χ0v) is 11.3. The number of aromatic nitrogens is 3. The van der Waals surface area contributed by atoms with E-state index in [0.29, 0.717) is 12.1 Å². The molecule has 0 amide bonds. The lowest BCUT2D eigenvalue weighted by Gasteiger charge is -2.13. The van der Waals surface area contributed by atoms with E-state index in [4.69, 9.17) is 0 Å². The minimum atomic E-state index is -0.903. The van der Waals surface area contributed by atoms with Gasteiger partial charge in [-0.1, -0.05) is 40.2 Å². The van der Waals surface area contributed by atoms with Crippen molar-refractivity contribution in [3.05, 3.63) is 34.9 Å². The van der Waals surface area contributed by atoms with Crippen molar-refractivity contribution in [2.75, 3.05) is 0 Å². The molecule has 1 aromatic heterocycles. The van der Waals surface area contributed by atoms with E-state index in [1.165, 1.54) is 4.68 Å². The average Bonchev–Trinajstić information content (AvgIpc) is 2.78. The molecular formula is C12H12BrN3O2. The molecule has 1 aromatic carbocycles. The summed E-state index contributed by atoms with van der Waals surface area (Å²) in [5, 5.41) is 16.9. The van der Waals surface area contributed by atoms with Crippen LogP contribution in [0.3, 0.4) is 0 Å². The molecule has 94 valence electrons. The van der Waals surface area contributed by atoms with Crippen molar-refractivity contribution in [2.24, 2.45) is 0 Å². The first-order valence-electron chi connectivity index (χ1n) is 5.52. The van der Waals surface area contributed by atoms with E-state index in [2.05, 4.69) is 26.2 Å². The fourth-order valence-corrected chi connectivity index (χ4v) is 2.18. The summed E-state index contributed by atoms with van der Waals surface area (Å²) in [7, 11) is 0. The summed E-state index contributed by atoms with van der Waals surface area (Å²) in [6.07, 6.45) is 2.03. The summed E-state index contributed by atoms with van der Waals surface area (Å²) < 4.78 is 2.38. The number of halogens is 1. The Labute approximate surface area is 113 Å². The number of hydrogen-bond acceptors (Lipinski definition) is 3. The Bertz CT molecular complexity index is 568. The van der Waals surface area contributed by atoms with Crippen molar-refractivity contribution in [1.82, 2.24) is 15.0 Å². The van der Waals surface area contributed by atoms with Crippen LogP contribution in [0.5, 0.6) is 0 Å². The summed E-state index contributed by atoms with van der Waals surface area (Å²) in [5.74, 6) is -0.903. The Balaban J connectivity index is 2.47. The number of aliphatic carboxylic acids is 1. The molecule has 0 saturated carbocycles. The first-order valence-corrected chi connectivity index (χ1v) is 6.31. The Morgan fingerprint density at radius 2 is 2.33 bits per heavy atom. The maximum absolute atomic E-state index is 11.2. The third-order valence-electron chi connectivity index (χ3n) is 2.66. The van der Waals surface area contributed by atoms with Crippen LogP contribution < -0.4 is 0 Å². The van der Waals surface area contributed by atoms with Gasteiger partial charge in [0.15, 0.2) is 6.04 Å². The molecule has 2 aromatic rings. The first-order chi connectivity index (χ1) is 8.63. The van der Waals surface area contributed by atoms with E-state index in [9.17, 15) is 9.90 Å². The van der Waals surface area contributed by atoms with Crippen molar-refractivity contribution in [1.29, 1.82) is 0 Å². The van der Waals surface area contributed by atoms with E-state index in [-0.39, 0.29) is 0 Å². The fraction of sp³-hybridized carbons (Fsp3) is 0.250. The minimum absolute atomic E-state index is 0.458. The van der Waals surface area contributed by atoms with Crippen molar-refractivity contribution in [3.8, 4) is 11.3 Å². The summed E-state index contributed by atoms with van der Waals surface area (Å²) in [6.45, 7) is 1.81. The van der Waals surface area contributed by atoms with Crippen LogP contribution in [-0.4, -0.2) is 26.1 Å². The number of nitrogens with zero attached hydrogens (tertiary/aromatic N) is 3. The monoisotopic (exact) mass is 309 g/mol.